The zero-order chi connectivity index (χ0) is 20.6. The number of hydrogen-bond acceptors (Lipinski definition) is 6. The molecule has 1 aromatic heterocycles. The Morgan fingerprint density at radius 3 is 2.36 bits per heavy atom. The summed E-state index contributed by atoms with van der Waals surface area (Å²) in [5.41, 5.74) is 0.829. The number of carboxylic acids is 1. The number of rotatable bonds is 2. The van der Waals surface area contributed by atoms with Gasteiger partial charge in [-0.05, 0) is 52.8 Å². The molecule has 0 bridgehead atoms. The Kier molecular flexibility index (Phi) is 5.14. The third-order valence-electron chi connectivity index (χ3n) is 4.75. The van der Waals surface area contributed by atoms with E-state index in [0.717, 1.165) is 11.1 Å². The fourth-order valence-electron chi connectivity index (χ4n) is 3.71. The SMILES string of the molecule is C[C@@H]1CN(c2ccc(C(=O)O)c3nnccc23)C[C@H](C)N1C(=O)OC(C)(C)C. The summed E-state index contributed by atoms with van der Waals surface area (Å²) in [6.45, 7) is 10.7. The maximum absolute atomic E-state index is 12.6. The van der Waals surface area contributed by atoms with Gasteiger partial charge in [-0.15, -0.1) is 5.10 Å². The highest BCUT2D eigenvalue weighted by atomic mass is 16.6. The summed E-state index contributed by atoms with van der Waals surface area (Å²) < 4.78 is 5.56. The molecule has 1 aromatic carbocycles. The van der Waals surface area contributed by atoms with Crippen molar-refractivity contribution in [3.8, 4) is 0 Å². The fraction of sp³-hybridized carbons (Fsp3) is 0.500. The molecular formula is C20H26N4O4. The third kappa shape index (κ3) is 3.85. The van der Waals surface area contributed by atoms with Crippen molar-refractivity contribution < 1.29 is 19.4 Å². The largest absolute Gasteiger partial charge is 0.478 e. The van der Waals surface area contributed by atoms with Gasteiger partial charge in [-0.2, -0.15) is 5.10 Å². The molecule has 1 N–H and O–H groups in total. The average Bonchev–Trinajstić information content (AvgIpc) is 2.58. The van der Waals surface area contributed by atoms with Crippen molar-refractivity contribution in [3.05, 3.63) is 30.0 Å². The predicted molar refractivity (Wildman–Crippen MR) is 106 cm³/mol. The van der Waals surface area contributed by atoms with E-state index in [4.69, 9.17) is 4.74 Å². The molecule has 1 aliphatic heterocycles. The summed E-state index contributed by atoms with van der Waals surface area (Å²) in [5, 5.41) is 18.0. The molecule has 8 nitrogen and oxygen atoms in total. The van der Waals surface area contributed by atoms with E-state index in [1.54, 1.807) is 29.3 Å². The standard InChI is InChI=1S/C20H26N4O4/c1-12-10-23(11-13(2)24(12)19(27)28-20(3,4)5)16-7-6-15(18(25)26)17-14(16)8-9-21-22-17/h6-9,12-13H,10-11H2,1-5H3,(H,25,26)/t12-,13+. The van der Waals surface area contributed by atoms with Crippen LogP contribution in [0.5, 0.6) is 0 Å². The normalized spacial score (nSPS) is 20.3. The number of aromatic nitrogens is 2. The zero-order valence-electron chi connectivity index (χ0n) is 16.8. The molecule has 1 fully saturated rings. The van der Waals surface area contributed by atoms with Crippen LogP contribution in [0.15, 0.2) is 24.4 Å². The highest BCUT2D eigenvalue weighted by molar-refractivity contribution is 6.05. The molecule has 8 heteroatoms. The van der Waals surface area contributed by atoms with Gasteiger partial charge in [-0.1, -0.05) is 0 Å². The lowest BCUT2D eigenvalue weighted by atomic mass is 10.0. The Morgan fingerprint density at radius 1 is 1.14 bits per heavy atom. The molecule has 28 heavy (non-hydrogen) atoms. The number of ether oxygens (including phenoxy) is 1. The minimum atomic E-state index is -1.03. The number of carbonyl (C=O) groups excluding carboxylic acids is 1. The highest BCUT2D eigenvalue weighted by Crippen LogP contribution is 2.31. The number of amides is 1. The second-order valence-electron chi connectivity index (χ2n) is 8.22. The molecule has 0 saturated carbocycles. The molecule has 1 aliphatic rings. The van der Waals surface area contributed by atoms with Crippen LogP contribution in [0.25, 0.3) is 10.9 Å². The van der Waals surface area contributed by atoms with E-state index in [-0.39, 0.29) is 23.7 Å². The molecule has 3 rings (SSSR count). The summed E-state index contributed by atoms with van der Waals surface area (Å²) in [6.07, 6.45) is 1.24. The lowest BCUT2D eigenvalue weighted by Gasteiger charge is -2.45. The topological polar surface area (TPSA) is 95.9 Å². The van der Waals surface area contributed by atoms with Crippen LogP contribution >= 0.6 is 0 Å². The van der Waals surface area contributed by atoms with Crippen LogP contribution in [0.1, 0.15) is 45.0 Å². The molecule has 1 saturated heterocycles. The molecular weight excluding hydrogens is 360 g/mol. The van der Waals surface area contributed by atoms with Gasteiger partial charge in [0.15, 0.2) is 0 Å². The van der Waals surface area contributed by atoms with E-state index in [1.807, 2.05) is 34.6 Å². The second-order valence-corrected chi connectivity index (χ2v) is 8.22. The zero-order valence-corrected chi connectivity index (χ0v) is 16.8. The molecule has 0 spiro atoms. The van der Waals surface area contributed by atoms with Crippen molar-refractivity contribution in [2.45, 2.75) is 52.3 Å². The number of fused-ring (bicyclic) bond motifs is 1. The van der Waals surface area contributed by atoms with E-state index in [2.05, 4.69) is 15.1 Å². The van der Waals surface area contributed by atoms with Crippen molar-refractivity contribution >= 4 is 28.7 Å². The van der Waals surface area contributed by atoms with Crippen LogP contribution in [0, 0.1) is 0 Å². The summed E-state index contributed by atoms with van der Waals surface area (Å²) in [6, 6.07) is 5.00. The Labute approximate surface area is 164 Å². The van der Waals surface area contributed by atoms with E-state index in [9.17, 15) is 14.7 Å². The highest BCUT2D eigenvalue weighted by Gasteiger charge is 2.36. The number of anilines is 1. The van der Waals surface area contributed by atoms with Gasteiger partial charge in [0.05, 0.1) is 23.8 Å². The minimum absolute atomic E-state index is 0.0670. The number of carboxylic acid groups (broad SMARTS) is 1. The van der Waals surface area contributed by atoms with E-state index in [1.165, 1.54) is 0 Å². The van der Waals surface area contributed by atoms with Gasteiger partial charge >= 0.3 is 12.1 Å². The number of benzene rings is 1. The molecule has 2 aromatic rings. The third-order valence-corrected chi connectivity index (χ3v) is 4.75. The van der Waals surface area contributed by atoms with Gasteiger partial charge in [-0.3, -0.25) is 4.90 Å². The van der Waals surface area contributed by atoms with E-state index >= 15 is 0 Å². The minimum Gasteiger partial charge on any atom is -0.478 e. The molecule has 2 heterocycles. The van der Waals surface area contributed by atoms with Crippen LogP contribution < -0.4 is 4.90 Å². The maximum atomic E-state index is 12.6. The summed E-state index contributed by atoms with van der Waals surface area (Å²) in [7, 11) is 0. The molecule has 1 amide bonds. The number of aromatic carboxylic acids is 1. The van der Waals surface area contributed by atoms with Crippen LogP contribution in [0.4, 0.5) is 10.5 Å². The molecule has 0 aliphatic carbocycles. The number of piperazine rings is 1. The smallest absolute Gasteiger partial charge is 0.410 e. The Hall–Kier alpha value is -2.90. The quantitative estimate of drug-likeness (QED) is 0.847. The van der Waals surface area contributed by atoms with Gasteiger partial charge in [0.1, 0.15) is 11.1 Å². The first-order valence-electron chi connectivity index (χ1n) is 9.32. The number of carbonyl (C=O) groups is 2. The number of hydrogen-bond donors (Lipinski definition) is 1. The maximum Gasteiger partial charge on any atom is 0.410 e. The summed E-state index contributed by atoms with van der Waals surface area (Å²) >= 11 is 0. The van der Waals surface area contributed by atoms with Crippen molar-refractivity contribution in [2.75, 3.05) is 18.0 Å². The van der Waals surface area contributed by atoms with Gasteiger partial charge in [0, 0.05) is 24.2 Å². The van der Waals surface area contributed by atoms with Gasteiger partial charge in [-0.25, -0.2) is 9.59 Å². The first-order chi connectivity index (χ1) is 13.1. The van der Waals surface area contributed by atoms with Crippen molar-refractivity contribution in [1.82, 2.24) is 15.1 Å². The first kappa shape index (κ1) is 19.9. The summed E-state index contributed by atoms with van der Waals surface area (Å²) in [5.74, 6) is -1.03. The van der Waals surface area contributed by atoms with Gasteiger partial charge in [0.2, 0.25) is 0 Å². The predicted octanol–water partition coefficient (Wildman–Crippen LogP) is 3.16. The molecule has 2 atom stereocenters. The summed E-state index contributed by atoms with van der Waals surface area (Å²) in [4.78, 5) is 28.0. The Balaban J connectivity index is 1.91. The Bertz CT molecular complexity index is 897. The molecule has 0 unspecified atom stereocenters. The van der Waals surface area contributed by atoms with Gasteiger partial charge in [0.25, 0.3) is 0 Å². The number of nitrogens with zero attached hydrogens (tertiary/aromatic N) is 4. The van der Waals surface area contributed by atoms with Crippen molar-refractivity contribution in [2.24, 2.45) is 0 Å². The van der Waals surface area contributed by atoms with Crippen LogP contribution in [-0.2, 0) is 4.74 Å². The van der Waals surface area contributed by atoms with Crippen LogP contribution in [0.2, 0.25) is 0 Å². The van der Waals surface area contributed by atoms with Crippen molar-refractivity contribution in [3.63, 3.8) is 0 Å². The van der Waals surface area contributed by atoms with E-state index in [0.29, 0.717) is 18.6 Å². The molecule has 150 valence electrons. The fourth-order valence-corrected chi connectivity index (χ4v) is 3.71. The monoisotopic (exact) mass is 386 g/mol. The van der Waals surface area contributed by atoms with Crippen LogP contribution in [-0.4, -0.2) is 63.0 Å². The van der Waals surface area contributed by atoms with Crippen molar-refractivity contribution in [1.29, 1.82) is 0 Å². The van der Waals surface area contributed by atoms with E-state index < -0.39 is 11.6 Å². The first-order valence-corrected chi connectivity index (χ1v) is 9.32. The Morgan fingerprint density at radius 2 is 1.79 bits per heavy atom. The van der Waals surface area contributed by atoms with Gasteiger partial charge < -0.3 is 14.7 Å². The van der Waals surface area contributed by atoms with Crippen LogP contribution in [0.3, 0.4) is 0 Å². The average molecular weight is 386 g/mol. The lowest BCUT2D eigenvalue weighted by molar-refractivity contribution is 0.00566. The second kappa shape index (κ2) is 7.26. The lowest BCUT2D eigenvalue weighted by Crippen LogP contribution is -2.59. The molecule has 0 radical (unpaired) electrons.